The third kappa shape index (κ3) is 3.79. The Morgan fingerprint density at radius 3 is 2.67 bits per heavy atom. The first-order chi connectivity index (χ1) is 18.7. The Hall–Kier alpha value is -3.37. The van der Waals surface area contributed by atoms with E-state index < -0.39 is 23.2 Å². The summed E-state index contributed by atoms with van der Waals surface area (Å²) in [5.74, 6) is -1.76. The average molecular weight is 571 g/mol. The second kappa shape index (κ2) is 9.38. The molecule has 6 rings (SSSR count). The second-order valence-electron chi connectivity index (χ2n) is 9.98. The maximum Gasteiger partial charge on any atom is 0.341 e. The maximum absolute atomic E-state index is 15.6. The molecule has 1 spiro atoms. The van der Waals surface area contributed by atoms with Crippen molar-refractivity contribution in [3.05, 3.63) is 86.6 Å². The van der Waals surface area contributed by atoms with Crippen molar-refractivity contribution in [2.75, 3.05) is 25.3 Å². The lowest BCUT2D eigenvalue weighted by Crippen LogP contribution is -2.50. The van der Waals surface area contributed by atoms with E-state index in [0.717, 1.165) is 5.56 Å². The molecule has 3 aromatic carbocycles. The smallest absolute Gasteiger partial charge is 0.341 e. The zero-order valence-electron chi connectivity index (χ0n) is 21.0. The molecule has 0 bridgehead atoms. The first kappa shape index (κ1) is 25.9. The van der Waals surface area contributed by atoms with Gasteiger partial charge in [0.1, 0.15) is 22.7 Å². The number of nitrogens with two attached hydrogens (primary N) is 1. The summed E-state index contributed by atoms with van der Waals surface area (Å²) in [6.45, 7) is 0. The number of benzene rings is 3. The molecule has 0 aromatic heterocycles. The molecular weight excluding hydrogens is 546 g/mol. The largest absolute Gasteiger partial charge is 0.496 e. The SMILES string of the molecule is COC(=O)c1cc(N)c(C2C[C@@H]3N[C@@]4(C(=O)Nc5cc(Cl)ccc54)[C@@H](c4cccc(Cl)c4F)[C@@H]3N2)cc1OC. The van der Waals surface area contributed by atoms with Crippen molar-refractivity contribution in [2.24, 2.45) is 0 Å². The van der Waals surface area contributed by atoms with Crippen LogP contribution in [0.3, 0.4) is 0 Å². The number of hydrogen-bond acceptors (Lipinski definition) is 7. The van der Waals surface area contributed by atoms with Gasteiger partial charge in [-0.05, 0) is 47.9 Å². The number of fused-ring (bicyclic) bond motifs is 3. The fourth-order valence-electron chi connectivity index (χ4n) is 6.46. The molecule has 1 amide bonds. The standard InChI is InChI=1S/C28H25Cl2FN4O4/c1-38-22-10-14(18(32)9-15(22)26(36)39-2)19-11-21-25(33-19)23(13-4-3-5-17(30)24(13)31)28(35-21)16-7-6-12(29)8-20(16)34-27(28)37/h3-10,19,21,23,25,33,35H,11,32H2,1-2H3,(H,34,37)/t19?,21-,23-,25+,28+/m0/s1. The van der Waals surface area contributed by atoms with Crippen LogP contribution in [0.15, 0.2) is 48.5 Å². The van der Waals surface area contributed by atoms with Crippen molar-refractivity contribution in [2.45, 2.75) is 36.0 Å². The molecule has 3 aliphatic heterocycles. The van der Waals surface area contributed by atoms with E-state index in [1.807, 2.05) is 0 Å². The Bertz CT molecular complexity index is 1540. The number of carbonyl (C=O) groups excluding carboxylic acids is 2. The molecule has 0 saturated carbocycles. The van der Waals surface area contributed by atoms with Gasteiger partial charge in [0, 0.05) is 46.0 Å². The molecule has 39 heavy (non-hydrogen) atoms. The molecule has 2 fully saturated rings. The van der Waals surface area contributed by atoms with Gasteiger partial charge in [0.25, 0.3) is 0 Å². The number of hydrogen-bond donors (Lipinski definition) is 4. The summed E-state index contributed by atoms with van der Waals surface area (Å²) in [5.41, 5.74) is 8.05. The van der Waals surface area contributed by atoms with Gasteiger partial charge in [0.15, 0.2) is 0 Å². The second-order valence-corrected chi connectivity index (χ2v) is 10.8. The topological polar surface area (TPSA) is 115 Å². The number of nitrogens with one attached hydrogen (secondary N) is 3. The van der Waals surface area contributed by atoms with Crippen LogP contribution in [-0.2, 0) is 15.1 Å². The highest BCUT2D eigenvalue weighted by atomic mass is 35.5. The number of methoxy groups -OCH3 is 2. The molecule has 5 atom stereocenters. The van der Waals surface area contributed by atoms with Crippen molar-refractivity contribution in [3.63, 3.8) is 0 Å². The van der Waals surface area contributed by atoms with Crippen molar-refractivity contribution < 1.29 is 23.5 Å². The maximum atomic E-state index is 15.6. The molecule has 3 aliphatic rings. The Labute approximate surface area is 233 Å². The highest BCUT2D eigenvalue weighted by Crippen LogP contribution is 2.55. The van der Waals surface area contributed by atoms with Crippen LogP contribution in [0.1, 0.15) is 45.4 Å². The van der Waals surface area contributed by atoms with Gasteiger partial charge in [-0.15, -0.1) is 0 Å². The summed E-state index contributed by atoms with van der Waals surface area (Å²) in [6, 6.07) is 12.4. The summed E-state index contributed by atoms with van der Waals surface area (Å²) in [7, 11) is 2.75. The minimum atomic E-state index is -1.25. The molecule has 0 radical (unpaired) electrons. The fraction of sp³-hybridized carbons (Fsp3) is 0.286. The summed E-state index contributed by atoms with van der Waals surface area (Å²) in [4.78, 5) is 25.9. The summed E-state index contributed by atoms with van der Waals surface area (Å²) < 4.78 is 25.9. The van der Waals surface area contributed by atoms with Crippen molar-refractivity contribution in [1.29, 1.82) is 0 Å². The van der Waals surface area contributed by atoms with Gasteiger partial charge in [-0.25, -0.2) is 9.18 Å². The molecule has 8 nitrogen and oxygen atoms in total. The molecule has 11 heteroatoms. The number of amides is 1. The van der Waals surface area contributed by atoms with Gasteiger partial charge in [0.2, 0.25) is 5.91 Å². The normalized spacial score (nSPS) is 26.8. The molecule has 2 saturated heterocycles. The lowest BCUT2D eigenvalue weighted by molar-refractivity contribution is -0.122. The molecular formula is C28H25Cl2FN4O4. The molecule has 5 N–H and O–H groups in total. The van der Waals surface area contributed by atoms with Crippen LogP contribution in [0.4, 0.5) is 15.8 Å². The first-order valence-electron chi connectivity index (χ1n) is 12.3. The molecule has 3 heterocycles. The van der Waals surface area contributed by atoms with Gasteiger partial charge in [-0.2, -0.15) is 0 Å². The minimum absolute atomic E-state index is 0.0252. The van der Waals surface area contributed by atoms with E-state index in [2.05, 4.69) is 16.0 Å². The van der Waals surface area contributed by atoms with E-state index >= 15 is 4.39 Å². The fourth-order valence-corrected chi connectivity index (χ4v) is 6.82. The van der Waals surface area contributed by atoms with E-state index in [4.69, 9.17) is 38.4 Å². The molecule has 3 aromatic rings. The zero-order valence-corrected chi connectivity index (χ0v) is 22.5. The Kier molecular flexibility index (Phi) is 6.22. The van der Waals surface area contributed by atoms with Crippen LogP contribution in [0.2, 0.25) is 10.0 Å². The third-order valence-electron chi connectivity index (χ3n) is 8.07. The van der Waals surface area contributed by atoms with Gasteiger partial charge in [-0.3, -0.25) is 10.1 Å². The van der Waals surface area contributed by atoms with E-state index in [1.54, 1.807) is 36.4 Å². The van der Waals surface area contributed by atoms with E-state index in [0.29, 0.717) is 39.7 Å². The van der Waals surface area contributed by atoms with Gasteiger partial charge >= 0.3 is 5.97 Å². The van der Waals surface area contributed by atoms with Crippen LogP contribution in [0.5, 0.6) is 5.75 Å². The monoisotopic (exact) mass is 570 g/mol. The zero-order chi connectivity index (χ0) is 27.6. The lowest BCUT2D eigenvalue weighted by Gasteiger charge is -2.34. The number of halogens is 3. The van der Waals surface area contributed by atoms with Crippen LogP contribution in [-0.4, -0.2) is 38.2 Å². The number of anilines is 2. The Morgan fingerprint density at radius 1 is 1.13 bits per heavy atom. The molecule has 1 unspecified atom stereocenters. The predicted molar refractivity (Wildman–Crippen MR) is 146 cm³/mol. The predicted octanol–water partition coefficient (Wildman–Crippen LogP) is 4.52. The quantitative estimate of drug-likeness (QED) is 0.269. The number of esters is 1. The van der Waals surface area contributed by atoms with Gasteiger partial charge in [0.05, 0.1) is 19.2 Å². The highest BCUT2D eigenvalue weighted by Gasteiger charge is 2.64. The van der Waals surface area contributed by atoms with Crippen LogP contribution >= 0.6 is 23.2 Å². The Balaban J connectivity index is 1.45. The van der Waals surface area contributed by atoms with E-state index in [9.17, 15) is 9.59 Å². The van der Waals surface area contributed by atoms with E-state index in [-0.39, 0.29) is 34.6 Å². The Morgan fingerprint density at radius 2 is 1.92 bits per heavy atom. The molecule has 0 aliphatic carbocycles. The molecule has 202 valence electrons. The van der Waals surface area contributed by atoms with Gasteiger partial charge in [-0.1, -0.05) is 41.4 Å². The van der Waals surface area contributed by atoms with Crippen molar-refractivity contribution in [3.8, 4) is 5.75 Å². The summed E-state index contributed by atoms with van der Waals surface area (Å²) >= 11 is 12.4. The minimum Gasteiger partial charge on any atom is -0.496 e. The highest BCUT2D eigenvalue weighted by molar-refractivity contribution is 6.31. The van der Waals surface area contributed by atoms with Crippen molar-refractivity contribution >= 4 is 46.5 Å². The van der Waals surface area contributed by atoms with Gasteiger partial charge < -0.3 is 25.8 Å². The number of nitrogen functional groups attached to an aromatic ring is 1. The number of carbonyl (C=O) groups is 2. The summed E-state index contributed by atoms with van der Waals surface area (Å²) in [6.07, 6.45) is 0.534. The van der Waals surface area contributed by atoms with E-state index in [1.165, 1.54) is 26.4 Å². The first-order valence-corrected chi connectivity index (χ1v) is 13.1. The van der Waals surface area contributed by atoms with Crippen molar-refractivity contribution in [1.82, 2.24) is 10.6 Å². The average Bonchev–Trinajstić information content (AvgIpc) is 3.54. The third-order valence-corrected chi connectivity index (χ3v) is 8.60. The number of rotatable bonds is 4. The number of ether oxygens (including phenoxy) is 2. The van der Waals surface area contributed by atoms with Crippen LogP contribution < -0.4 is 26.4 Å². The lowest BCUT2D eigenvalue weighted by atomic mass is 9.74. The van der Waals surface area contributed by atoms with Crippen LogP contribution in [0.25, 0.3) is 0 Å². The van der Waals surface area contributed by atoms with Crippen LogP contribution in [0, 0.1) is 5.82 Å². The summed E-state index contributed by atoms with van der Waals surface area (Å²) in [5, 5.41) is 10.6.